The molecule has 6 radical (unpaired) electrons. The number of rotatable bonds is 11. The Hall–Kier alpha value is 0.0948. The molecule has 6 aliphatic heterocycles. The van der Waals surface area contributed by atoms with Crippen LogP contribution in [0.25, 0.3) is 0 Å². The number of hydrogen-bond donors (Lipinski definition) is 4. The number of fused-ring (bicyclic) bond motifs is 6. The van der Waals surface area contributed by atoms with Gasteiger partial charge < -0.3 is 48.4 Å². The van der Waals surface area contributed by atoms with Crippen LogP contribution in [0.1, 0.15) is 0 Å². The minimum Gasteiger partial charge on any atom is -0.393 e. The Bertz CT molecular complexity index is 1080. The maximum atomic E-state index is 12.9. The summed E-state index contributed by atoms with van der Waals surface area (Å²) in [4.78, 5) is 20.9. The van der Waals surface area contributed by atoms with E-state index >= 15 is 0 Å². The van der Waals surface area contributed by atoms with Crippen LogP contribution >= 0.6 is 15.6 Å². The zero-order valence-electron chi connectivity index (χ0n) is 20.3. The lowest BCUT2D eigenvalue weighted by Gasteiger charge is -2.33. The molecule has 0 aromatic heterocycles. The Morgan fingerprint density at radius 3 is 1.62 bits per heavy atom. The second-order valence-corrected chi connectivity index (χ2v) is 13.2. The van der Waals surface area contributed by atoms with E-state index in [1.807, 2.05) is 0 Å². The first kappa shape index (κ1) is 29.2. The van der Waals surface area contributed by atoms with Gasteiger partial charge in [0.05, 0.1) is 39.6 Å². The van der Waals surface area contributed by atoms with Gasteiger partial charge in [-0.2, -0.15) is 0 Å². The molecule has 0 amide bonds. The van der Waals surface area contributed by atoms with Gasteiger partial charge in [-0.25, -0.2) is 9.13 Å². The molecule has 6 heterocycles. The molecule has 6 aliphatic rings. The topological polar surface area (TPSA) is 207 Å². The highest BCUT2D eigenvalue weighted by Gasteiger charge is 2.66. The molecule has 212 valence electrons. The minimum atomic E-state index is -4.89. The summed E-state index contributed by atoms with van der Waals surface area (Å²) in [5, 5.41) is 20.1. The summed E-state index contributed by atoms with van der Waals surface area (Å²) in [5.41, 5.74) is -4.62. The molecule has 6 rings (SSSR count). The Balaban J connectivity index is 1.10. The first-order valence-corrected chi connectivity index (χ1v) is 15.0. The van der Waals surface area contributed by atoms with Crippen molar-refractivity contribution in [3.05, 3.63) is 0 Å². The highest BCUT2D eigenvalue weighted by molar-refractivity contribution is 7.47. The van der Waals surface area contributed by atoms with E-state index in [9.17, 15) is 29.1 Å². The van der Waals surface area contributed by atoms with Crippen LogP contribution in [0.3, 0.4) is 0 Å². The van der Waals surface area contributed by atoms with E-state index in [1.165, 1.54) is 0 Å². The fraction of sp³-hybridized carbons (Fsp3) is 1.00. The summed E-state index contributed by atoms with van der Waals surface area (Å²) in [7, 11) is 7.66. The molecule has 4 N–H and O–H groups in total. The summed E-state index contributed by atoms with van der Waals surface area (Å²) < 4.78 is 79.5. The van der Waals surface area contributed by atoms with Crippen molar-refractivity contribution < 1.29 is 75.6 Å². The predicted molar refractivity (Wildman–Crippen MR) is 124 cm³/mol. The van der Waals surface area contributed by atoms with Crippen molar-refractivity contribution in [2.75, 3.05) is 39.6 Å². The van der Waals surface area contributed by atoms with Gasteiger partial charge in [-0.1, -0.05) is 0 Å². The molecule has 6 saturated heterocycles. The molecule has 0 aliphatic carbocycles. The quantitative estimate of drug-likeness (QED) is 0.135. The van der Waals surface area contributed by atoms with Gasteiger partial charge in [-0.15, -0.1) is 0 Å². The van der Waals surface area contributed by atoms with Gasteiger partial charge in [-0.3, -0.25) is 18.1 Å². The summed E-state index contributed by atoms with van der Waals surface area (Å²) in [6.45, 7) is -2.43. The molecule has 16 nitrogen and oxygen atoms in total. The van der Waals surface area contributed by atoms with Crippen LogP contribution in [-0.4, -0.2) is 155 Å². The second-order valence-electron chi connectivity index (χ2n) is 10.4. The van der Waals surface area contributed by atoms with E-state index in [0.29, 0.717) is 0 Å². The average molecular weight is 592 g/mol. The number of aliphatic hydroxyl groups excluding tert-OH is 2. The lowest BCUT2D eigenvalue weighted by molar-refractivity contribution is -0.142. The molecule has 6 bridgehead atoms. The van der Waals surface area contributed by atoms with Crippen LogP contribution in [0.4, 0.5) is 0 Å². The molecule has 0 aromatic rings. The average Bonchev–Trinajstić information content (AvgIpc) is 3.65. The largest absolute Gasteiger partial charge is 0.472 e. The fourth-order valence-electron chi connectivity index (χ4n) is 5.79. The van der Waals surface area contributed by atoms with Crippen LogP contribution in [-0.2, 0) is 55.6 Å². The van der Waals surface area contributed by atoms with E-state index < -0.39 is 107 Å². The number of aliphatic hydroxyl groups is 2. The predicted octanol–water partition coefficient (Wildman–Crippen LogP) is -3.67. The molecular formula is C18H25B3O16P2. The van der Waals surface area contributed by atoms with Gasteiger partial charge in [-0.05, 0) is 0 Å². The number of hydrogen-bond acceptors (Lipinski definition) is 14. The highest BCUT2D eigenvalue weighted by atomic mass is 31.2. The Labute approximate surface area is 226 Å². The molecule has 21 heteroatoms. The first-order chi connectivity index (χ1) is 18.2. The van der Waals surface area contributed by atoms with Crippen molar-refractivity contribution in [1.29, 1.82) is 0 Å². The van der Waals surface area contributed by atoms with Gasteiger partial charge in [0, 0.05) is 18.0 Å². The second kappa shape index (κ2) is 9.81. The van der Waals surface area contributed by atoms with Gasteiger partial charge in [0.1, 0.15) is 77.0 Å². The Kier molecular flexibility index (Phi) is 7.34. The molecular weight excluding hydrogens is 567 g/mol. The molecule has 0 aromatic carbocycles. The fourth-order valence-corrected chi connectivity index (χ4v) is 7.87. The van der Waals surface area contributed by atoms with E-state index in [1.54, 1.807) is 0 Å². The van der Waals surface area contributed by atoms with Crippen LogP contribution in [0.2, 0.25) is 0 Å². The number of phosphoric ester groups is 2. The van der Waals surface area contributed by atoms with Crippen LogP contribution in [0, 0.1) is 0 Å². The normalized spacial score (nSPS) is 52.9. The molecule has 0 spiro atoms. The van der Waals surface area contributed by atoms with Crippen molar-refractivity contribution in [2.45, 2.75) is 71.4 Å². The maximum Gasteiger partial charge on any atom is 0.472 e. The third kappa shape index (κ3) is 4.76. The third-order valence-corrected chi connectivity index (χ3v) is 9.73. The SMILES string of the molecule is [B]C1O[C@]2(COP(=O)(O)OC3C4OC[C@@]3(COP(=O)(O)OC3C5OC[C@@]3(CO)OC5[B])OC4[B])COC1C2O. The van der Waals surface area contributed by atoms with Gasteiger partial charge in [0.2, 0.25) is 0 Å². The van der Waals surface area contributed by atoms with E-state index in [0.717, 1.165) is 0 Å². The first-order valence-electron chi connectivity index (χ1n) is 12.0. The Morgan fingerprint density at radius 2 is 1.13 bits per heavy atom. The van der Waals surface area contributed by atoms with Crippen LogP contribution in [0.5, 0.6) is 0 Å². The lowest BCUT2D eigenvalue weighted by Crippen LogP contribution is -2.47. The van der Waals surface area contributed by atoms with Crippen molar-refractivity contribution in [1.82, 2.24) is 0 Å². The standard InChI is InChI=1S/C18H25B3O16P2/c19-13-7-10(23)17(34-13,3-28-7)5-31-38(24,25)37-12-9-15(21)35-18(12,4-30-9)6-32-39(26,27)36-11-8-14(20)33-16(11,1-22)2-29-8/h7-15,22-23H,1-6H2,(H,24,25)(H,26,27)/t7?,8?,9?,10?,11?,12?,13?,14?,15?,16-,17+,18+/m1/s1. The Morgan fingerprint density at radius 1 is 0.718 bits per heavy atom. The lowest BCUT2D eigenvalue weighted by atomic mass is 9.92. The summed E-state index contributed by atoms with van der Waals surface area (Å²) >= 11 is 0. The molecule has 0 saturated carbocycles. The van der Waals surface area contributed by atoms with Gasteiger partial charge >= 0.3 is 15.6 Å². The van der Waals surface area contributed by atoms with E-state index in [2.05, 4.69) is 0 Å². The highest BCUT2D eigenvalue weighted by Crippen LogP contribution is 2.56. The molecule has 14 atom stereocenters. The summed E-state index contributed by atoms with van der Waals surface area (Å²) in [6, 6.07) is -3.09. The molecule has 39 heavy (non-hydrogen) atoms. The zero-order chi connectivity index (χ0) is 28.0. The molecule has 11 unspecified atom stereocenters. The van der Waals surface area contributed by atoms with Crippen molar-refractivity contribution >= 4 is 39.2 Å². The zero-order valence-corrected chi connectivity index (χ0v) is 22.0. The number of ether oxygens (including phenoxy) is 6. The monoisotopic (exact) mass is 592 g/mol. The van der Waals surface area contributed by atoms with Gasteiger partial charge in [0.15, 0.2) is 0 Å². The van der Waals surface area contributed by atoms with Crippen LogP contribution < -0.4 is 0 Å². The number of phosphoric acid groups is 2. The van der Waals surface area contributed by atoms with Crippen molar-refractivity contribution in [3.63, 3.8) is 0 Å². The van der Waals surface area contributed by atoms with E-state index in [-0.39, 0.29) is 19.8 Å². The van der Waals surface area contributed by atoms with Gasteiger partial charge in [0.25, 0.3) is 0 Å². The minimum absolute atomic E-state index is 0.117. The summed E-state index contributed by atoms with van der Waals surface area (Å²) in [5.74, 6) is 0. The smallest absolute Gasteiger partial charge is 0.393 e. The van der Waals surface area contributed by atoms with Crippen molar-refractivity contribution in [3.8, 4) is 0 Å². The third-order valence-electron chi connectivity index (χ3n) is 7.83. The van der Waals surface area contributed by atoms with Crippen LogP contribution in [0.15, 0.2) is 0 Å². The summed E-state index contributed by atoms with van der Waals surface area (Å²) in [6.07, 6.45) is -6.59. The van der Waals surface area contributed by atoms with E-state index in [4.69, 9.17) is 70.1 Å². The molecule has 6 fully saturated rings. The maximum absolute atomic E-state index is 12.9. The van der Waals surface area contributed by atoms with Crippen molar-refractivity contribution in [2.24, 2.45) is 0 Å².